The molecule has 0 N–H and O–H groups in total. The molecule has 0 amide bonds. The van der Waals surface area contributed by atoms with Crippen molar-refractivity contribution in [2.24, 2.45) is 0 Å². The minimum Gasteiger partial charge on any atom is -0.251 e. The molecule has 0 radical (unpaired) electrons. The SMILES string of the molecule is CC.Cc1nc2c(c(C)c1C)c(C)c(C)c1c(C)c(C)c(C)nc12. The van der Waals surface area contributed by atoms with Gasteiger partial charge in [-0.1, -0.05) is 13.8 Å². The van der Waals surface area contributed by atoms with Crippen LogP contribution >= 0.6 is 0 Å². The second-order valence-corrected chi connectivity index (χ2v) is 6.59. The highest BCUT2D eigenvalue weighted by atomic mass is 14.8. The lowest BCUT2D eigenvalue weighted by atomic mass is 9.90. The van der Waals surface area contributed by atoms with E-state index in [0.29, 0.717) is 0 Å². The van der Waals surface area contributed by atoms with Crippen molar-refractivity contribution < 1.29 is 0 Å². The fraction of sp³-hybridized carbons (Fsp3) is 0.455. The van der Waals surface area contributed by atoms with Crippen LogP contribution in [0.25, 0.3) is 21.8 Å². The summed E-state index contributed by atoms with van der Waals surface area (Å²) in [6, 6.07) is 0. The highest BCUT2D eigenvalue weighted by molar-refractivity contribution is 6.09. The Kier molecular flexibility index (Phi) is 4.98. The number of fused-ring (bicyclic) bond motifs is 3. The summed E-state index contributed by atoms with van der Waals surface area (Å²) in [4.78, 5) is 9.83. The van der Waals surface area contributed by atoms with Crippen LogP contribution in [0.3, 0.4) is 0 Å². The van der Waals surface area contributed by atoms with Crippen molar-refractivity contribution in [2.75, 3.05) is 0 Å². The predicted octanol–water partition coefficient (Wildman–Crippen LogP) is 6.28. The Bertz CT molecular complexity index is 871. The predicted molar refractivity (Wildman–Crippen MR) is 106 cm³/mol. The number of pyridine rings is 2. The smallest absolute Gasteiger partial charge is 0.0973 e. The molecule has 3 aromatic rings. The highest BCUT2D eigenvalue weighted by Crippen LogP contribution is 2.36. The molecule has 0 fully saturated rings. The van der Waals surface area contributed by atoms with E-state index in [1.54, 1.807) is 0 Å². The van der Waals surface area contributed by atoms with Gasteiger partial charge in [0.2, 0.25) is 0 Å². The number of aryl methyl sites for hydroxylation is 6. The molecule has 1 aromatic carbocycles. The molecule has 0 bridgehead atoms. The zero-order chi connectivity index (χ0) is 18.3. The summed E-state index contributed by atoms with van der Waals surface area (Å²) >= 11 is 0. The van der Waals surface area contributed by atoms with E-state index < -0.39 is 0 Å². The maximum atomic E-state index is 4.92. The van der Waals surface area contributed by atoms with Gasteiger partial charge in [0.25, 0.3) is 0 Å². The van der Waals surface area contributed by atoms with Gasteiger partial charge in [-0.15, -0.1) is 0 Å². The summed E-state index contributed by atoms with van der Waals surface area (Å²) in [5.41, 5.74) is 12.2. The Balaban J connectivity index is 0.00000100. The fourth-order valence-corrected chi connectivity index (χ4v) is 3.52. The van der Waals surface area contributed by atoms with Crippen molar-refractivity contribution >= 4 is 21.8 Å². The van der Waals surface area contributed by atoms with Crippen LogP contribution in [0.5, 0.6) is 0 Å². The van der Waals surface area contributed by atoms with Crippen molar-refractivity contribution in [2.45, 2.75) is 69.2 Å². The van der Waals surface area contributed by atoms with E-state index in [2.05, 4.69) is 55.4 Å². The van der Waals surface area contributed by atoms with Crippen LogP contribution in [0.15, 0.2) is 0 Å². The van der Waals surface area contributed by atoms with Crippen molar-refractivity contribution in [3.63, 3.8) is 0 Å². The Hall–Kier alpha value is -1.96. The summed E-state index contributed by atoms with van der Waals surface area (Å²) in [6.07, 6.45) is 0. The molecule has 2 heteroatoms. The Morgan fingerprint density at radius 3 is 0.958 bits per heavy atom. The molecule has 0 unspecified atom stereocenters. The molecule has 0 saturated heterocycles. The zero-order valence-electron chi connectivity index (χ0n) is 16.9. The van der Waals surface area contributed by atoms with Crippen LogP contribution in [0.1, 0.15) is 58.6 Å². The van der Waals surface area contributed by atoms with Gasteiger partial charge >= 0.3 is 0 Å². The maximum absolute atomic E-state index is 4.92. The number of nitrogens with zero attached hydrogens (tertiary/aromatic N) is 2. The standard InChI is InChI=1S/C20H24N2.C2H6/c1-9-11(3)17-13(5)14(6)18-12(4)10(2)16(8)22-20(18)19(17)21-15(9)7;1-2/h1-8H3;1-2H3. The van der Waals surface area contributed by atoms with Crippen LogP contribution in [-0.2, 0) is 0 Å². The minimum absolute atomic E-state index is 1.06. The van der Waals surface area contributed by atoms with Gasteiger partial charge in [0.15, 0.2) is 0 Å². The molecule has 0 aliphatic rings. The molecule has 128 valence electrons. The van der Waals surface area contributed by atoms with Crippen LogP contribution in [-0.4, -0.2) is 9.97 Å². The van der Waals surface area contributed by atoms with Gasteiger partial charge in [-0.3, -0.25) is 9.97 Å². The van der Waals surface area contributed by atoms with E-state index in [9.17, 15) is 0 Å². The average molecular weight is 322 g/mol. The number of hydrogen-bond acceptors (Lipinski definition) is 2. The normalized spacial score (nSPS) is 10.9. The third-order valence-corrected chi connectivity index (χ3v) is 5.53. The van der Waals surface area contributed by atoms with Crippen LogP contribution in [0, 0.1) is 55.4 Å². The van der Waals surface area contributed by atoms with Crippen molar-refractivity contribution in [3.8, 4) is 0 Å². The van der Waals surface area contributed by atoms with Crippen LogP contribution < -0.4 is 0 Å². The summed E-state index contributed by atoms with van der Waals surface area (Å²) in [7, 11) is 0. The molecular formula is C22H30N2. The minimum atomic E-state index is 1.06. The third-order valence-electron chi connectivity index (χ3n) is 5.53. The molecule has 0 aliphatic carbocycles. The van der Waals surface area contributed by atoms with Crippen molar-refractivity contribution in [3.05, 3.63) is 44.8 Å². The van der Waals surface area contributed by atoms with E-state index >= 15 is 0 Å². The largest absolute Gasteiger partial charge is 0.251 e. The first-order valence-electron chi connectivity index (χ1n) is 8.89. The van der Waals surface area contributed by atoms with E-state index in [-0.39, 0.29) is 0 Å². The molecule has 2 nitrogen and oxygen atoms in total. The summed E-state index contributed by atoms with van der Waals surface area (Å²) in [5, 5.41) is 2.56. The van der Waals surface area contributed by atoms with E-state index in [1.165, 1.54) is 44.2 Å². The number of rotatable bonds is 0. The molecule has 2 heterocycles. The second kappa shape index (κ2) is 6.51. The zero-order valence-corrected chi connectivity index (χ0v) is 16.9. The van der Waals surface area contributed by atoms with Crippen molar-refractivity contribution in [1.82, 2.24) is 9.97 Å². The molecule has 24 heavy (non-hydrogen) atoms. The molecule has 0 aliphatic heterocycles. The molecule has 0 saturated carbocycles. The monoisotopic (exact) mass is 322 g/mol. The first-order chi connectivity index (χ1) is 11.3. The van der Waals surface area contributed by atoms with Gasteiger partial charge in [0, 0.05) is 22.2 Å². The lowest BCUT2D eigenvalue weighted by Gasteiger charge is -2.18. The molecule has 3 rings (SSSR count). The second-order valence-electron chi connectivity index (χ2n) is 6.59. The first-order valence-corrected chi connectivity index (χ1v) is 8.89. The molecular weight excluding hydrogens is 292 g/mol. The fourth-order valence-electron chi connectivity index (χ4n) is 3.52. The van der Waals surface area contributed by atoms with E-state index in [4.69, 9.17) is 9.97 Å². The Morgan fingerprint density at radius 2 is 0.667 bits per heavy atom. The van der Waals surface area contributed by atoms with Gasteiger partial charge in [-0.25, -0.2) is 0 Å². The highest BCUT2D eigenvalue weighted by Gasteiger charge is 2.18. The number of hydrogen-bond donors (Lipinski definition) is 0. The Morgan fingerprint density at radius 1 is 0.417 bits per heavy atom. The molecule has 0 spiro atoms. The van der Waals surface area contributed by atoms with Crippen LogP contribution in [0.4, 0.5) is 0 Å². The summed E-state index contributed by atoms with van der Waals surface area (Å²) < 4.78 is 0. The number of aromatic nitrogens is 2. The van der Waals surface area contributed by atoms with Crippen molar-refractivity contribution in [1.29, 1.82) is 0 Å². The van der Waals surface area contributed by atoms with Gasteiger partial charge in [0.05, 0.1) is 11.0 Å². The molecule has 2 aromatic heterocycles. The molecule has 0 atom stereocenters. The first kappa shape index (κ1) is 18.4. The van der Waals surface area contributed by atoms with Crippen LogP contribution in [0.2, 0.25) is 0 Å². The Labute approximate surface area is 146 Å². The topological polar surface area (TPSA) is 25.8 Å². The van der Waals surface area contributed by atoms with E-state index in [1.807, 2.05) is 13.8 Å². The lowest BCUT2D eigenvalue weighted by Crippen LogP contribution is -2.03. The summed E-state index contributed by atoms with van der Waals surface area (Å²) in [5.74, 6) is 0. The summed E-state index contributed by atoms with van der Waals surface area (Å²) in [6.45, 7) is 21.4. The lowest BCUT2D eigenvalue weighted by molar-refractivity contribution is 1.14. The van der Waals surface area contributed by atoms with Gasteiger partial charge in [0.1, 0.15) is 0 Å². The van der Waals surface area contributed by atoms with E-state index in [0.717, 1.165) is 22.4 Å². The third kappa shape index (κ3) is 2.49. The van der Waals surface area contributed by atoms with Gasteiger partial charge in [-0.05, 0) is 88.8 Å². The van der Waals surface area contributed by atoms with Gasteiger partial charge < -0.3 is 0 Å². The maximum Gasteiger partial charge on any atom is 0.0973 e. The van der Waals surface area contributed by atoms with Gasteiger partial charge in [-0.2, -0.15) is 0 Å². The average Bonchev–Trinajstić information content (AvgIpc) is 2.56. The number of benzene rings is 1. The quantitative estimate of drug-likeness (QED) is 0.455.